The smallest absolute Gasteiger partial charge is 0.243 e. The molecule has 10 heteroatoms. The SMILES string of the molecule is CN(C1CN(c2ccc3nnc(-c4cccnc4)n3n2)C1)S(=O)(=O)c1ccccc1. The zero-order valence-corrected chi connectivity index (χ0v) is 17.0. The average molecular weight is 421 g/mol. The Morgan fingerprint density at radius 2 is 1.80 bits per heavy atom. The molecule has 30 heavy (non-hydrogen) atoms. The summed E-state index contributed by atoms with van der Waals surface area (Å²) in [6, 6.07) is 15.8. The van der Waals surface area contributed by atoms with Crippen LogP contribution in [-0.4, -0.2) is 63.7 Å². The Morgan fingerprint density at radius 1 is 1.00 bits per heavy atom. The predicted molar refractivity (Wildman–Crippen MR) is 111 cm³/mol. The van der Waals surface area contributed by atoms with Crippen molar-refractivity contribution in [1.82, 2.24) is 29.1 Å². The van der Waals surface area contributed by atoms with Crippen LogP contribution in [0.15, 0.2) is 71.9 Å². The maximum absolute atomic E-state index is 12.8. The van der Waals surface area contributed by atoms with E-state index in [9.17, 15) is 8.42 Å². The molecule has 0 amide bonds. The monoisotopic (exact) mass is 421 g/mol. The van der Waals surface area contributed by atoms with E-state index in [2.05, 4.69) is 20.3 Å². The molecule has 0 radical (unpaired) electrons. The Bertz CT molecular complexity index is 1290. The second kappa shape index (κ2) is 7.15. The first kappa shape index (κ1) is 18.6. The van der Waals surface area contributed by atoms with Crippen LogP contribution in [0.3, 0.4) is 0 Å². The molecule has 4 aromatic rings. The summed E-state index contributed by atoms with van der Waals surface area (Å²) in [5, 5.41) is 13.1. The Balaban J connectivity index is 1.36. The summed E-state index contributed by atoms with van der Waals surface area (Å²) in [5.41, 5.74) is 1.46. The highest BCUT2D eigenvalue weighted by Crippen LogP contribution is 2.26. The van der Waals surface area contributed by atoms with Gasteiger partial charge in [0, 0.05) is 38.1 Å². The van der Waals surface area contributed by atoms with Gasteiger partial charge in [-0.25, -0.2) is 8.42 Å². The number of fused-ring (bicyclic) bond motifs is 1. The molecule has 1 aromatic carbocycles. The van der Waals surface area contributed by atoms with E-state index in [0.717, 1.165) is 11.4 Å². The Labute approximate surface area is 173 Å². The summed E-state index contributed by atoms with van der Waals surface area (Å²) < 4.78 is 28.8. The van der Waals surface area contributed by atoms with Crippen LogP contribution in [0.5, 0.6) is 0 Å². The molecule has 0 aliphatic carbocycles. The number of rotatable bonds is 5. The van der Waals surface area contributed by atoms with E-state index in [1.54, 1.807) is 54.3 Å². The van der Waals surface area contributed by atoms with Crippen molar-refractivity contribution >= 4 is 21.5 Å². The minimum Gasteiger partial charge on any atom is -0.352 e. The molecule has 1 aliphatic heterocycles. The molecule has 152 valence electrons. The van der Waals surface area contributed by atoms with E-state index < -0.39 is 10.0 Å². The first-order valence-electron chi connectivity index (χ1n) is 9.45. The van der Waals surface area contributed by atoms with Crippen LogP contribution in [0.4, 0.5) is 5.82 Å². The molecule has 0 bridgehead atoms. The van der Waals surface area contributed by atoms with Crippen molar-refractivity contribution in [1.29, 1.82) is 0 Å². The van der Waals surface area contributed by atoms with Crippen LogP contribution in [0.25, 0.3) is 17.0 Å². The van der Waals surface area contributed by atoms with Crippen molar-refractivity contribution in [3.63, 3.8) is 0 Å². The molecule has 4 heterocycles. The molecule has 0 unspecified atom stereocenters. The third-order valence-corrected chi connectivity index (χ3v) is 7.21. The molecule has 0 spiro atoms. The Hall–Kier alpha value is -3.37. The van der Waals surface area contributed by atoms with Crippen LogP contribution in [0.1, 0.15) is 0 Å². The van der Waals surface area contributed by atoms with Gasteiger partial charge in [0.2, 0.25) is 10.0 Å². The maximum atomic E-state index is 12.8. The minimum atomic E-state index is -3.52. The zero-order valence-electron chi connectivity index (χ0n) is 16.2. The number of pyridine rings is 1. The number of benzene rings is 1. The van der Waals surface area contributed by atoms with Gasteiger partial charge >= 0.3 is 0 Å². The van der Waals surface area contributed by atoms with Crippen molar-refractivity contribution in [2.75, 3.05) is 25.0 Å². The van der Waals surface area contributed by atoms with E-state index in [1.165, 1.54) is 4.31 Å². The lowest BCUT2D eigenvalue weighted by Crippen LogP contribution is -2.60. The summed E-state index contributed by atoms with van der Waals surface area (Å²) in [4.78, 5) is 6.47. The highest BCUT2D eigenvalue weighted by atomic mass is 32.2. The van der Waals surface area contributed by atoms with E-state index >= 15 is 0 Å². The summed E-state index contributed by atoms with van der Waals surface area (Å²) in [5.74, 6) is 1.36. The lowest BCUT2D eigenvalue weighted by Gasteiger charge is -2.43. The molecule has 5 rings (SSSR count). The van der Waals surface area contributed by atoms with E-state index in [-0.39, 0.29) is 6.04 Å². The van der Waals surface area contributed by atoms with E-state index in [1.807, 2.05) is 29.2 Å². The second-order valence-corrected chi connectivity index (χ2v) is 9.12. The molecular formula is C20H19N7O2S. The van der Waals surface area contributed by atoms with Gasteiger partial charge in [0.25, 0.3) is 0 Å². The van der Waals surface area contributed by atoms with Gasteiger partial charge in [-0.3, -0.25) is 4.98 Å². The number of hydrogen-bond acceptors (Lipinski definition) is 7. The topological polar surface area (TPSA) is 96.6 Å². The fourth-order valence-electron chi connectivity index (χ4n) is 3.45. The minimum absolute atomic E-state index is 0.119. The number of aromatic nitrogens is 5. The van der Waals surface area contributed by atoms with Gasteiger partial charge in [-0.2, -0.15) is 8.82 Å². The molecule has 1 saturated heterocycles. The zero-order chi connectivity index (χ0) is 20.7. The van der Waals surface area contributed by atoms with Crippen molar-refractivity contribution in [3.05, 3.63) is 67.0 Å². The average Bonchev–Trinajstić information content (AvgIpc) is 3.17. The molecule has 3 aromatic heterocycles. The quantitative estimate of drug-likeness (QED) is 0.484. The van der Waals surface area contributed by atoms with Gasteiger partial charge in [0.1, 0.15) is 5.82 Å². The lowest BCUT2D eigenvalue weighted by atomic mass is 10.1. The Kier molecular flexibility index (Phi) is 4.44. The number of likely N-dealkylation sites (N-methyl/N-ethyl adjacent to an activating group) is 1. The standard InChI is InChI=1S/C20H19N7O2S/c1-25(30(28,29)17-7-3-2-4-8-17)16-13-26(14-16)19-10-9-18-22-23-20(27(18)24-19)15-6-5-11-21-12-15/h2-12,16H,13-14H2,1H3. The molecule has 0 atom stereocenters. The normalized spacial score (nSPS) is 14.9. The summed E-state index contributed by atoms with van der Waals surface area (Å²) >= 11 is 0. The van der Waals surface area contributed by atoms with Gasteiger partial charge in [-0.15, -0.1) is 15.3 Å². The van der Waals surface area contributed by atoms with Gasteiger partial charge in [-0.05, 0) is 36.4 Å². The molecule has 0 N–H and O–H groups in total. The van der Waals surface area contributed by atoms with Gasteiger partial charge in [0.05, 0.1) is 10.9 Å². The van der Waals surface area contributed by atoms with Crippen LogP contribution in [0, 0.1) is 0 Å². The molecule has 9 nitrogen and oxygen atoms in total. The number of nitrogens with zero attached hydrogens (tertiary/aromatic N) is 7. The van der Waals surface area contributed by atoms with Gasteiger partial charge in [0.15, 0.2) is 11.5 Å². The van der Waals surface area contributed by atoms with Gasteiger partial charge < -0.3 is 4.90 Å². The van der Waals surface area contributed by atoms with E-state index in [0.29, 0.717) is 29.5 Å². The highest BCUT2D eigenvalue weighted by Gasteiger charge is 2.37. The molecule has 1 fully saturated rings. The van der Waals surface area contributed by atoms with Crippen molar-refractivity contribution in [2.24, 2.45) is 0 Å². The fraction of sp³-hybridized carbons (Fsp3) is 0.200. The Morgan fingerprint density at radius 3 is 2.53 bits per heavy atom. The third-order valence-electron chi connectivity index (χ3n) is 5.29. The first-order chi connectivity index (χ1) is 14.5. The van der Waals surface area contributed by atoms with Crippen molar-refractivity contribution < 1.29 is 8.42 Å². The van der Waals surface area contributed by atoms with E-state index in [4.69, 9.17) is 0 Å². The molecular weight excluding hydrogens is 402 g/mol. The second-order valence-electron chi connectivity index (χ2n) is 7.12. The van der Waals surface area contributed by atoms with Crippen LogP contribution in [0.2, 0.25) is 0 Å². The highest BCUT2D eigenvalue weighted by molar-refractivity contribution is 7.89. The van der Waals surface area contributed by atoms with Crippen LogP contribution < -0.4 is 4.90 Å². The predicted octanol–water partition coefficient (Wildman–Crippen LogP) is 1.70. The van der Waals surface area contributed by atoms with Crippen molar-refractivity contribution in [3.8, 4) is 11.4 Å². The number of anilines is 1. The van der Waals surface area contributed by atoms with Crippen LogP contribution >= 0.6 is 0 Å². The molecule has 1 aliphatic rings. The van der Waals surface area contributed by atoms with Gasteiger partial charge in [-0.1, -0.05) is 18.2 Å². The third kappa shape index (κ3) is 3.10. The number of hydrogen-bond donors (Lipinski definition) is 0. The largest absolute Gasteiger partial charge is 0.352 e. The summed E-state index contributed by atoms with van der Waals surface area (Å²) in [6.07, 6.45) is 3.42. The molecule has 0 saturated carbocycles. The summed E-state index contributed by atoms with van der Waals surface area (Å²) in [6.45, 7) is 1.12. The van der Waals surface area contributed by atoms with Crippen LogP contribution in [-0.2, 0) is 10.0 Å². The maximum Gasteiger partial charge on any atom is 0.243 e. The summed E-state index contributed by atoms with van der Waals surface area (Å²) in [7, 11) is -1.89. The first-order valence-corrected chi connectivity index (χ1v) is 10.9. The lowest BCUT2D eigenvalue weighted by molar-refractivity contribution is 0.309. The van der Waals surface area contributed by atoms with Crippen molar-refractivity contribution in [2.45, 2.75) is 10.9 Å². The number of sulfonamides is 1. The fourth-order valence-corrected chi connectivity index (χ4v) is 4.81.